The first kappa shape index (κ1) is 21.8. The SMILES string of the molecule is COC(=O)c1c(NC(=O)CSc2nnc(-c3ccco3)n2C)sc(C)c1-c1ccccc1. The third-order valence-electron chi connectivity index (χ3n) is 4.70. The average Bonchev–Trinajstić information content (AvgIpc) is 3.51. The molecule has 0 unspecified atom stereocenters. The summed E-state index contributed by atoms with van der Waals surface area (Å²) in [6.07, 6.45) is 1.57. The second-order valence-corrected chi connectivity index (χ2v) is 8.94. The first-order chi connectivity index (χ1) is 15.5. The summed E-state index contributed by atoms with van der Waals surface area (Å²) in [6.45, 7) is 1.92. The quantitative estimate of drug-likeness (QED) is 0.312. The van der Waals surface area contributed by atoms with Crippen LogP contribution in [0.3, 0.4) is 0 Å². The number of aryl methyl sites for hydroxylation is 1. The summed E-state index contributed by atoms with van der Waals surface area (Å²) in [6, 6.07) is 13.1. The second-order valence-electron chi connectivity index (χ2n) is 6.77. The number of amides is 1. The van der Waals surface area contributed by atoms with Crippen molar-refractivity contribution in [3.05, 3.63) is 59.2 Å². The number of thioether (sulfide) groups is 1. The van der Waals surface area contributed by atoms with Gasteiger partial charge in [-0.1, -0.05) is 42.1 Å². The normalized spacial score (nSPS) is 10.8. The van der Waals surface area contributed by atoms with Gasteiger partial charge in [0.1, 0.15) is 10.6 Å². The fourth-order valence-corrected chi connectivity index (χ4v) is 5.03. The van der Waals surface area contributed by atoms with Crippen molar-refractivity contribution in [3.63, 3.8) is 0 Å². The van der Waals surface area contributed by atoms with E-state index < -0.39 is 5.97 Å². The fraction of sp³-hybridized carbons (Fsp3) is 0.182. The van der Waals surface area contributed by atoms with E-state index in [0.29, 0.717) is 27.3 Å². The molecule has 0 aliphatic carbocycles. The van der Waals surface area contributed by atoms with Gasteiger partial charge in [-0.25, -0.2) is 4.79 Å². The number of benzene rings is 1. The van der Waals surface area contributed by atoms with E-state index in [-0.39, 0.29) is 11.7 Å². The number of methoxy groups -OCH3 is 1. The van der Waals surface area contributed by atoms with E-state index in [1.54, 1.807) is 23.0 Å². The number of aromatic nitrogens is 3. The lowest BCUT2D eigenvalue weighted by Crippen LogP contribution is -2.16. The average molecular weight is 469 g/mol. The minimum atomic E-state index is -0.493. The molecule has 1 N–H and O–H groups in total. The topological polar surface area (TPSA) is 99.2 Å². The first-order valence-electron chi connectivity index (χ1n) is 9.62. The minimum absolute atomic E-state index is 0.0996. The lowest BCUT2D eigenvalue weighted by atomic mass is 10.0. The number of ether oxygens (including phenoxy) is 1. The van der Waals surface area contributed by atoms with Crippen LogP contribution >= 0.6 is 23.1 Å². The Labute approximate surface area is 192 Å². The number of rotatable bonds is 7. The Hall–Kier alpha value is -3.37. The molecule has 0 radical (unpaired) electrons. The molecule has 0 saturated carbocycles. The van der Waals surface area contributed by atoms with E-state index in [1.807, 2.05) is 44.3 Å². The Morgan fingerprint density at radius 1 is 1.19 bits per heavy atom. The zero-order valence-electron chi connectivity index (χ0n) is 17.6. The van der Waals surface area contributed by atoms with Crippen molar-refractivity contribution in [2.75, 3.05) is 18.2 Å². The molecule has 10 heteroatoms. The molecule has 32 heavy (non-hydrogen) atoms. The smallest absolute Gasteiger partial charge is 0.341 e. The molecule has 8 nitrogen and oxygen atoms in total. The Bertz CT molecular complexity index is 1250. The molecule has 0 fully saturated rings. The summed E-state index contributed by atoms with van der Waals surface area (Å²) in [4.78, 5) is 26.2. The van der Waals surface area contributed by atoms with Crippen LogP contribution in [0.1, 0.15) is 15.2 Å². The van der Waals surface area contributed by atoms with Crippen molar-refractivity contribution >= 4 is 40.0 Å². The molecular weight excluding hydrogens is 448 g/mol. The van der Waals surface area contributed by atoms with Crippen LogP contribution in [0.25, 0.3) is 22.7 Å². The standard InChI is InChI=1S/C22H20N4O4S2/c1-13-17(14-8-5-4-6-9-14)18(21(28)29-3)20(32-13)23-16(27)12-31-22-25-24-19(26(22)2)15-10-7-11-30-15/h4-11H,12H2,1-3H3,(H,23,27). The van der Waals surface area contributed by atoms with Crippen LogP contribution in [0.2, 0.25) is 0 Å². The Kier molecular flexibility index (Phi) is 6.42. The maximum atomic E-state index is 12.7. The van der Waals surface area contributed by atoms with E-state index >= 15 is 0 Å². The van der Waals surface area contributed by atoms with Crippen molar-refractivity contribution < 1.29 is 18.7 Å². The van der Waals surface area contributed by atoms with Crippen molar-refractivity contribution in [1.82, 2.24) is 14.8 Å². The summed E-state index contributed by atoms with van der Waals surface area (Å²) in [5.41, 5.74) is 2.01. The summed E-state index contributed by atoms with van der Waals surface area (Å²) in [5.74, 6) is 0.521. The molecule has 0 bridgehead atoms. The predicted octanol–water partition coefficient (Wildman–Crippen LogP) is 4.63. The van der Waals surface area contributed by atoms with Gasteiger partial charge in [-0.2, -0.15) is 0 Å². The molecule has 4 aromatic rings. The van der Waals surface area contributed by atoms with Gasteiger partial charge in [-0.05, 0) is 24.6 Å². The molecule has 0 spiro atoms. The van der Waals surface area contributed by atoms with Crippen molar-refractivity contribution in [2.45, 2.75) is 12.1 Å². The number of esters is 1. The fourth-order valence-electron chi connectivity index (χ4n) is 3.24. The summed E-state index contributed by atoms with van der Waals surface area (Å²) in [5, 5.41) is 12.2. The van der Waals surface area contributed by atoms with Crippen molar-refractivity contribution in [1.29, 1.82) is 0 Å². The van der Waals surface area contributed by atoms with Crippen molar-refractivity contribution in [3.8, 4) is 22.7 Å². The van der Waals surface area contributed by atoms with Crippen LogP contribution < -0.4 is 5.32 Å². The van der Waals surface area contributed by atoms with E-state index in [9.17, 15) is 9.59 Å². The third kappa shape index (κ3) is 4.32. The number of carbonyl (C=O) groups is 2. The van der Waals surface area contributed by atoms with E-state index in [2.05, 4.69) is 15.5 Å². The van der Waals surface area contributed by atoms with Crippen LogP contribution in [0, 0.1) is 6.92 Å². The van der Waals surface area contributed by atoms with Gasteiger partial charge in [0.2, 0.25) is 5.91 Å². The number of hydrogen-bond acceptors (Lipinski definition) is 8. The Balaban J connectivity index is 1.52. The minimum Gasteiger partial charge on any atom is -0.465 e. The maximum absolute atomic E-state index is 12.7. The van der Waals surface area contributed by atoms with Gasteiger partial charge in [0.15, 0.2) is 16.7 Å². The lowest BCUT2D eigenvalue weighted by Gasteiger charge is -2.08. The van der Waals surface area contributed by atoms with Crippen LogP contribution in [-0.2, 0) is 16.6 Å². The van der Waals surface area contributed by atoms with Gasteiger partial charge in [-0.15, -0.1) is 21.5 Å². The number of carbonyl (C=O) groups excluding carboxylic acids is 2. The highest BCUT2D eigenvalue weighted by Gasteiger charge is 2.25. The molecule has 3 heterocycles. The number of thiophene rings is 1. The molecule has 0 atom stereocenters. The van der Waals surface area contributed by atoms with E-state index in [1.165, 1.54) is 30.2 Å². The zero-order chi connectivity index (χ0) is 22.7. The van der Waals surface area contributed by atoms with Crippen LogP contribution in [-0.4, -0.2) is 39.5 Å². The number of furan rings is 1. The van der Waals surface area contributed by atoms with E-state index in [4.69, 9.17) is 9.15 Å². The first-order valence-corrected chi connectivity index (χ1v) is 11.4. The predicted molar refractivity (Wildman–Crippen MR) is 124 cm³/mol. The van der Waals surface area contributed by atoms with Gasteiger partial charge < -0.3 is 19.0 Å². The summed E-state index contributed by atoms with van der Waals surface area (Å²) < 4.78 is 12.1. The van der Waals surface area contributed by atoms with Gasteiger partial charge in [0.25, 0.3) is 0 Å². The van der Waals surface area contributed by atoms with Gasteiger partial charge in [-0.3, -0.25) is 4.79 Å². The molecule has 1 amide bonds. The third-order valence-corrected chi connectivity index (χ3v) is 6.74. The van der Waals surface area contributed by atoms with E-state index in [0.717, 1.165) is 16.0 Å². The van der Waals surface area contributed by atoms with Crippen LogP contribution in [0.15, 0.2) is 58.3 Å². The highest BCUT2D eigenvalue weighted by Crippen LogP contribution is 2.40. The highest BCUT2D eigenvalue weighted by molar-refractivity contribution is 7.99. The van der Waals surface area contributed by atoms with Gasteiger partial charge in [0.05, 0.1) is 19.1 Å². The molecule has 0 aliphatic heterocycles. The largest absolute Gasteiger partial charge is 0.465 e. The highest BCUT2D eigenvalue weighted by atomic mass is 32.2. The molecule has 1 aromatic carbocycles. The van der Waals surface area contributed by atoms with Crippen LogP contribution in [0.5, 0.6) is 0 Å². The summed E-state index contributed by atoms with van der Waals surface area (Å²) in [7, 11) is 3.14. The number of anilines is 1. The second kappa shape index (κ2) is 9.41. The monoisotopic (exact) mass is 468 g/mol. The maximum Gasteiger partial charge on any atom is 0.341 e. The molecule has 4 rings (SSSR count). The number of hydrogen-bond donors (Lipinski definition) is 1. The summed E-state index contributed by atoms with van der Waals surface area (Å²) >= 11 is 2.59. The Morgan fingerprint density at radius 3 is 2.66 bits per heavy atom. The molecular formula is C22H20N4O4S2. The molecule has 0 aliphatic rings. The lowest BCUT2D eigenvalue weighted by molar-refractivity contribution is -0.113. The molecule has 164 valence electrons. The number of nitrogens with zero attached hydrogens (tertiary/aromatic N) is 3. The number of nitrogens with one attached hydrogen (secondary N) is 1. The van der Waals surface area contributed by atoms with Gasteiger partial charge >= 0.3 is 5.97 Å². The molecule has 0 saturated heterocycles. The van der Waals surface area contributed by atoms with Crippen LogP contribution in [0.4, 0.5) is 5.00 Å². The van der Waals surface area contributed by atoms with Crippen molar-refractivity contribution in [2.24, 2.45) is 7.05 Å². The molecule has 3 aromatic heterocycles. The zero-order valence-corrected chi connectivity index (χ0v) is 19.3. The Morgan fingerprint density at radius 2 is 1.97 bits per heavy atom. The van der Waals surface area contributed by atoms with Gasteiger partial charge in [0, 0.05) is 17.5 Å².